The van der Waals surface area contributed by atoms with Crippen LogP contribution in [0.1, 0.15) is 30.5 Å². The van der Waals surface area contributed by atoms with Gasteiger partial charge in [0.1, 0.15) is 11.2 Å². The molecule has 4 heterocycles. The lowest BCUT2D eigenvalue weighted by molar-refractivity contribution is 0.0442. The molecule has 4 rings (SSSR count). The standard InChI is InChI=1S/C18H24N4O2/c1-14-4-5-16-19-15(12-22(16)10-14)11-21-8-3-6-18(7-9-21)13-20(2)17(23)24-18/h4-5,10,12H,3,6-9,11,13H2,1-2H3. The minimum Gasteiger partial charge on any atom is -0.441 e. The van der Waals surface area contributed by atoms with Crippen molar-refractivity contribution in [2.75, 3.05) is 26.7 Å². The zero-order valence-corrected chi connectivity index (χ0v) is 14.4. The molecule has 24 heavy (non-hydrogen) atoms. The van der Waals surface area contributed by atoms with E-state index in [9.17, 15) is 4.79 Å². The van der Waals surface area contributed by atoms with E-state index in [1.54, 1.807) is 4.90 Å². The minimum atomic E-state index is -0.281. The second kappa shape index (κ2) is 5.77. The maximum Gasteiger partial charge on any atom is 0.410 e. The van der Waals surface area contributed by atoms with E-state index < -0.39 is 0 Å². The molecule has 128 valence electrons. The highest BCUT2D eigenvalue weighted by atomic mass is 16.6. The van der Waals surface area contributed by atoms with Crippen LogP contribution < -0.4 is 0 Å². The van der Waals surface area contributed by atoms with Crippen molar-refractivity contribution in [3.63, 3.8) is 0 Å². The number of likely N-dealkylation sites (N-methyl/N-ethyl adjacent to an activating group) is 1. The Morgan fingerprint density at radius 2 is 2.12 bits per heavy atom. The number of ether oxygens (including phenoxy) is 1. The molecule has 2 aromatic heterocycles. The molecule has 2 aliphatic heterocycles. The number of hydrogen-bond acceptors (Lipinski definition) is 4. The summed E-state index contributed by atoms with van der Waals surface area (Å²) < 4.78 is 7.78. The van der Waals surface area contributed by atoms with Gasteiger partial charge in [-0.15, -0.1) is 0 Å². The summed E-state index contributed by atoms with van der Waals surface area (Å²) in [5, 5.41) is 0. The molecule has 0 aliphatic carbocycles. The summed E-state index contributed by atoms with van der Waals surface area (Å²) >= 11 is 0. The van der Waals surface area contributed by atoms with Gasteiger partial charge in [-0.05, 0) is 37.9 Å². The first-order valence-corrected chi connectivity index (χ1v) is 8.64. The first kappa shape index (κ1) is 15.4. The fraction of sp³-hybridized carbons (Fsp3) is 0.556. The van der Waals surface area contributed by atoms with Crippen LogP contribution in [0.3, 0.4) is 0 Å². The van der Waals surface area contributed by atoms with Gasteiger partial charge in [-0.25, -0.2) is 9.78 Å². The highest BCUT2D eigenvalue weighted by molar-refractivity contribution is 5.70. The Kier molecular flexibility index (Phi) is 3.72. The lowest BCUT2D eigenvalue weighted by Crippen LogP contribution is -2.35. The van der Waals surface area contributed by atoms with Gasteiger partial charge in [0.05, 0.1) is 12.2 Å². The summed E-state index contributed by atoms with van der Waals surface area (Å²) in [7, 11) is 1.82. The monoisotopic (exact) mass is 328 g/mol. The van der Waals surface area contributed by atoms with Crippen LogP contribution in [0.2, 0.25) is 0 Å². The van der Waals surface area contributed by atoms with Crippen LogP contribution in [-0.2, 0) is 11.3 Å². The Morgan fingerprint density at radius 3 is 2.92 bits per heavy atom. The highest BCUT2D eigenvalue weighted by Gasteiger charge is 2.44. The summed E-state index contributed by atoms with van der Waals surface area (Å²) in [4.78, 5) is 20.6. The highest BCUT2D eigenvalue weighted by Crippen LogP contribution is 2.32. The smallest absolute Gasteiger partial charge is 0.410 e. The van der Waals surface area contributed by atoms with Gasteiger partial charge in [-0.1, -0.05) is 6.07 Å². The minimum absolute atomic E-state index is 0.181. The van der Waals surface area contributed by atoms with E-state index in [1.165, 1.54) is 5.56 Å². The molecule has 1 amide bonds. The number of nitrogens with zero attached hydrogens (tertiary/aromatic N) is 4. The summed E-state index contributed by atoms with van der Waals surface area (Å²) in [5.41, 5.74) is 3.04. The quantitative estimate of drug-likeness (QED) is 0.850. The fourth-order valence-corrected chi connectivity index (χ4v) is 3.89. The van der Waals surface area contributed by atoms with E-state index in [0.29, 0.717) is 6.54 Å². The second-order valence-corrected chi connectivity index (χ2v) is 7.24. The molecule has 6 heteroatoms. The predicted octanol–water partition coefficient (Wildman–Crippen LogP) is 2.45. The lowest BCUT2D eigenvalue weighted by atomic mass is 9.95. The van der Waals surface area contributed by atoms with Gasteiger partial charge in [0.2, 0.25) is 0 Å². The van der Waals surface area contributed by atoms with Crippen LogP contribution in [0.15, 0.2) is 24.5 Å². The molecule has 0 aromatic carbocycles. The topological polar surface area (TPSA) is 50.1 Å². The maximum absolute atomic E-state index is 11.7. The van der Waals surface area contributed by atoms with Crippen molar-refractivity contribution in [2.45, 2.75) is 38.3 Å². The van der Waals surface area contributed by atoms with Crippen LogP contribution in [0.25, 0.3) is 5.65 Å². The molecule has 1 atom stereocenters. The third-order valence-electron chi connectivity index (χ3n) is 5.17. The third kappa shape index (κ3) is 2.86. The van der Waals surface area contributed by atoms with Gasteiger partial charge in [0.15, 0.2) is 0 Å². The van der Waals surface area contributed by atoms with Crippen LogP contribution in [0.5, 0.6) is 0 Å². The molecular weight excluding hydrogens is 304 g/mol. The van der Waals surface area contributed by atoms with E-state index in [1.807, 2.05) is 7.05 Å². The summed E-state index contributed by atoms with van der Waals surface area (Å²) in [6.45, 7) is 5.62. The van der Waals surface area contributed by atoms with Gasteiger partial charge >= 0.3 is 6.09 Å². The molecule has 0 N–H and O–H groups in total. The Balaban J connectivity index is 1.44. The largest absolute Gasteiger partial charge is 0.441 e. The fourth-order valence-electron chi connectivity index (χ4n) is 3.89. The lowest BCUT2D eigenvalue weighted by Gasteiger charge is -2.25. The van der Waals surface area contributed by atoms with E-state index in [-0.39, 0.29) is 11.7 Å². The average molecular weight is 328 g/mol. The molecule has 0 bridgehead atoms. The zero-order chi connectivity index (χ0) is 16.7. The molecule has 0 saturated carbocycles. The zero-order valence-electron chi connectivity index (χ0n) is 14.4. The van der Waals surface area contributed by atoms with Gasteiger partial charge in [0, 0.05) is 39.0 Å². The maximum atomic E-state index is 11.7. The molecule has 1 spiro atoms. The Labute approximate surface area is 142 Å². The van der Waals surface area contributed by atoms with E-state index in [4.69, 9.17) is 9.72 Å². The number of hydrogen-bond donors (Lipinski definition) is 0. The number of pyridine rings is 1. The number of imidazole rings is 1. The Morgan fingerprint density at radius 1 is 1.25 bits per heavy atom. The van der Waals surface area contributed by atoms with Crippen molar-refractivity contribution in [3.8, 4) is 0 Å². The molecule has 2 fully saturated rings. The number of amides is 1. The number of aromatic nitrogens is 2. The van der Waals surface area contributed by atoms with Crippen molar-refractivity contribution < 1.29 is 9.53 Å². The van der Waals surface area contributed by atoms with Crippen LogP contribution >= 0.6 is 0 Å². The molecule has 2 aliphatic rings. The molecular formula is C18H24N4O2. The molecule has 2 aromatic rings. The predicted molar refractivity (Wildman–Crippen MR) is 90.9 cm³/mol. The van der Waals surface area contributed by atoms with Crippen LogP contribution in [0.4, 0.5) is 4.79 Å². The van der Waals surface area contributed by atoms with Gasteiger partial charge < -0.3 is 14.0 Å². The SMILES string of the molecule is Cc1ccc2nc(CN3CCCC4(CC3)CN(C)C(=O)O4)cn2c1. The first-order chi connectivity index (χ1) is 11.5. The van der Waals surface area contributed by atoms with Crippen LogP contribution in [-0.4, -0.2) is 57.6 Å². The van der Waals surface area contributed by atoms with Gasteiger partial charge in [0.25, 0.3) is 0 Å². The molecule has 1 unspecified atom stereocenters. The Bertz CT molecular complexity index is 771. The van der Waals surface area contributed by atoms with Crippen molar-refractivity contribution in [1.29, 1.82) is 0 Å². The van der Waals surface area contributed by atoms with E-state index in [2.05, 4.69) is 40.8 Å². The first-order valence-electron chi connectivity index (χ1n) is 8.64. The second-order valence-electron chi connectivity index (χ2n) is 7.24. The van der Waals surface area contributed by atoms with Crippen molar-refractivity contribution in [3.05, 3.63) is 35.8 Å². The number of carbonyl (C=O) groups excluding carboxylic acids is 1. The number of carbonyl (C=O) groups is 1. The van der Waals surface area contributed by atoms with Gasteiger partial charge in [-0.2, -0.15) is 0 Å². The number of aryl methyl sites for hydroxylation is 1. The van der Waals surface area contributed by atoms with Crippen molar-refractivity contribution in [2.24, 2.45) is 0 Å². The van der Waals surface area contributed by atoms with Crippen molar-refractivity contribution in [1.82, 2.24) is 19.2 Å². The summed E-state index contributed by atoms with van der Waals surface area (Å²) in [5.74, 6) is 0. The van der Waals surface area contributed by atoms with E-state index in [0.717, 1.165) is 50.2 Å². The average Bonchev–Trinajstić information content (AvgIpc) is 2.98. The third-order valence-corrected chi connectivity index (χ3v) is 5.17. The Hall–Kier alpha value is -2.08. The summed E-state index contributed by atoms with van der Waals surface area (Å²) in [6, 6.07) is 4.15. The molecule has 6 nitrogen and oxygen atoms in total. The van der Waals surface area contributed by atoms with E-state index >= 15 is 0 Å². The number of fused-ring (bicyclic) bond motifs is 1. The van der Waals surface area contributed by atoms with Gasteiger partial charge in [-0.3, -0.25) is 4.90 Å². The molecule has 0 radical (unpaired) electrons. The van der Waals surface area contributed by atoms with Crippen LogP contribution in [0, 0.1) is 6.92 Å². The number of likely N-dealkylation sites (tertiary alicyclic amines) is 1. The van der Waals surface area contributed by atoms with Crippen molar-refractivity contribution >= 4 is 11.7 Å². The number of rotatable bonds is 2. The summed E-state index contributed by atoms with van der Waals surface area (Å²) in [6.07, 6.45) is 6.94. The normalized spacial score (nSPS) is 25.4. The molecule has 2 saturated heterocycles.